The van der Waals surface area contributed by atoms with Crippen LogP contribution in [0.1, 0.15) is 13.2 Å². The summed E-state index contributed by atoms with van der Waals surface area (Å²) in [7, 11) is -16.8. The molecule has 9 N–H and O–H groups in total. The first kappa shape index (κ1) is 26.1. The van der Waals surface area contributed by atoms with Gasteiger partial charge in [0.15, 0.2) is 17.4 Å². The predicted octanol–water partition coefficient (Wildman–Crippen LogP) is -1.95. The van der Waals surface area contributed by atoms with Gasteiger partial charge in [-0.2, -0.15) is 13.6 Å². The van der Waals surface area contributed by atoms with Gasteiger partial charge in [0.25, 0.3) is 5.56 Å². The van der Waals surface area contributed by atoms with E-state index in [1.807, 2.05) is 0 Å². The highest BCUT2D eigenvalue weighted by atomic mass is 31.3. The predicted molar refractivity (Wildman–Crippen MR) is 103 cm³/mol. The Balaban J connectivity index is 1.78. The van der Waals surface area contributed by atoms with Crippen LogP contribution in [0, 0.1) is 0 Å². The number of nitrogens with one attached hydrogen (secondary N) is 1. The van der Waals surface area contributed by atoms with Crippen molar-refractivity contribution in [3.63, 3.8) is 0 Å². The molecule has 0 bridgehead atoms. The summed E-state index contributed by atoms with van der Waals surface area (Å²) in [6.07, 6.45) is -3.78. The van der Waals surface area contributed by atoms with Crippen LogP contribution in [-0.2, 0) is 31.6 Å². The fourth-order valence-corrected chi connectivity index (χ4v) is 5.99. The number of hydrogen-bond donors (Lipinski definition) is 8. The lowest BCUT2D eigenvalue weighted by Gasteiger charge is -2.27. The molecular weight excluding hydrogens is 519 g/mol. The van der Waals surface area contributed by atoms with Gasteiger partial charge < -0.3 is 40.3 Å². The van der Waals surface area contributed by atoms with Crippen molar-refractivity contribution < 1.29 is 61.4 Å². The van der Waals surface area contributed by atoms with E-state index in [1.165, 1.54) is 0 Å². The number of phosphoric acid groups is 3. The largest absolute Gasteiger partial charge is 0.490 e. The molecule has 0 aliphatic carbocycles. The molecular formula is C11H18N5O14P3. The van der Waals surface area contributed by atoms with E-state index in [-0.39, 0.29) is 17.1 Å². The van der Waals surface area contributed by atoms with Crippen molar-refractivity contribution in [2.75, 3.05) is 12.3 Å². The molecule has 0 saturated carbocycles. The molecule has 0 amide bonds. The molecule has 22 heteroatoms. The number of rotatable bonds is 8. The lowest BCUT2D eigenvalue weighted by molar-refractivity contribution is -0.0949. The summed E-state index contributed by atoms with van der Waals surface area (Å²) in [6.45, 7) is 0.0931. The van der Waals surface area contributed by atoms with Crippen LogP contribution in [0.5, 0.6) is 0 Å². The van der Waals surface area contributed by atoms with Gasteiger partial charge in [-0.1, -0.05) is 0 Å². The van der Waals surface area contributed by atoms with Crippen molar-refractivity contribution in [1.29, 1.82) is 0 Å². The molecule has 2 aromatic rings. The molecule has 186 valence electrons. The summed E-state index contributed by atoms with van der Waals surface area (Å²) >= 11 is 0. The van der Waals surface area contributed by atoms with Crippen molar-refractivity contribution >= 4 is 40.6 Å². The number of nitrogens with zero attached hydrogens (tertiary/aromatic N) is 3. The topological polar surface area (TPSA) is 299 Å². The number of anilines is 1. The second-order valence-corrected chi connectivity index (χ2v) is 11.3. The number of nitrogen functional groups attached to an aromatic ring is 1. The fourth-order valence-electron chi connectivity index (χ4n) is 2.96. The van der Waals surface area contributed by atoms with Gasteiger partial charge in [-0.25, -0.2) is 18.7 Å². The maximum Gasteiger partial charge on any atom is 0.490 e. The number of ether oxygens (including phenoxy) is 1. The van der Waals surface area contributed by atoms with Crippen LogP contribution >= 0.6 is 23.5 Å². The van der Waals surface area contributed by atoms with E-state index in [2.05, 4.69) is 28.1 Å². The van der Waals surface area contributed by atoms with Crippen LogP contribution in [0.15, 0.2) is 11.1 Å². The van der Waals surface area contributed by atoms with E-state index in [0.29, 0.717) is 0 Å². The molecule has 1 fully saturated rings. The Bertz CT molecular complexity index is 1250. The number of aliphatic hydroxyl groups is 2. The smallest absolute Gasteiger partial charge is 0.387 e. The average molecular weight is 537 g/mol. The van der Waals surface area contributed by atoms with E-state index in [0.717, 1.165) is 17.8 Å². The number of aromatic amines is 1. The summed E-state index contributed by atoms with van der Waals surface area (Å²) in [6, 6.07) is 0. The van der Waals surface area contributed by atoms with Gasteiger partial charge in [-0.05, 0) is 6.92 Å². The zero-order chi connectivity index (χ0) is 25.0. The van der Waals surface area contributed by atoms with Gasteiger partial charge in [0.1, 0.15) is 17.8 Å². The zero-order valence-electron chi connectivity index (χ0n) is 16.2. The number of H-pyrrole nitrogens is 1. The van der Waals surface area contributed by atoms with Gasteiger partial charge >= 0.3 is 23.5 Å². The lowest BCUT2D eigenvalue weighted by Crippen LogP contribution is -2.44. The number of aliphatic hydroxyl groups excluding tert-OH is 1. The molecule has 19 nitrogen and oxygen atoms in total. The van der Waals surface area contributed by atoms with Gasteiger partial charge in [0.2, 0.25) is 5.95 Å². The van der Waals surface area contributed by atoms with Crippen molar-refractivity contribution in [2.24, 2.45) is 0 Å². The minimum Gasteiger partial charge on any atom is -0.387 e. The fraction of sp³-hybridized carbons (Fsp3) is 0.545. The Morgan fingerprint density at radius 3 is 2.48 bits per heavy atom. The van der Waals surface area contributed by atoms with Crippen LogP contribution in [0.2, 0.25) is 0 Å². The highest BCUT2D eigenvalue weighted by Crippen LogP contribution is 2.66. The van der Waals surface area contributed by atoms with Crippen LogP contribution in [-0.4, -0.2) is 73.7 Å². The molecule has 2 unspecified atom stereocenters. The van der Waals surface area contributed by atoms with Crippen molar-refractivity contribution in [1.82, 2.24) is 19.5 Å². The number of nitrogens with two attached hydrogens (primary N) is 1. The van der Waals surface area contributed by atoms with E-state index in [4.69, 9.17) is 25.2 Å². The van der Waals surface area contributed by atoms with E-state index in [9.17, 15) is 33.6 Å². The first-order chi connectivity index (χ1) is 14.9. The maximum atomic E-state index is 11.9. The molecule has 1 aliphatic heterocycles. The average Bonchev–Trinajstić information content (AvgIpc) is 3.10. The van der Waals surface area contributed by atoms with Crippen molar-refractivity contribution in [3.05, 3.63) is 16.7 Å². The molecule has 1 saturated heterocycles. The minimum atomic E-state index is -5.75. The van der Waals surface area contributed by atoms with Gasteiger partial charge in [-0.3, -0.25) is 18.9 Å². The summed E-state index contributed by atoms with van der Waals surface area (Å²) in [4.78, 5) is 57.6. The highest BCUT2D eigenvalue weighted by Gasteiger charge is 2.54. The Kier molecular flexibility index (Phi) is 6.78. The van der Waals surface area contributed by atoms with E-state index >= 15 is 0 Å². The SMILES string of the molecule is C[C@@]1(O)[C@@H](O)[C@@H](COP(=O)(O)OP(=O)(O)OP(=O)(O)O)O[C@H]1n1cnc2c(=O)[nH]c(N)nc21. The number of hydrogen-bond acceptors (Lipinski definition) is 13. The number of imidazole rings is 1. The van der Waals surface area contributed by atoms with Crippen LogP contribution in [0.3, 0.4) is 0 Å². The summed E-state index contributed by atoms with van der Waals surface area (Å²) in [5.74, 6) is -0.281. The molecule has 33 heavy (non-hydrogen) atoms. The molecule has 0 spiro atoms. The number of fused-ring (bicyclic) bond motifs is 1. The Hall–Kier alpha value is -1.56. The molecule has 6 atom stereocenters. The molecule has 3 rings (SSSR count). The third-order valence-corrected chi connectivity index (χ3v) is 8.08. The molecule has 0 radical (unpaired) electrons. The third-order valence-electron chi connectivity index (χ3n) is 4.28. The Morgan fingerprint density at radius 1 is 1.24 bits per heavy atom. The number of aromatic nitrogens is 4. The Morgan fingerprint density at radius 2 is 1.88 bits per heavy atom. The van der Waals surface area contributed by atoms with Crippen molar-refractivity contribution in [3.8, 4) is 0 Å². The second-order valence-electron chi connectivity index (χ2n) is 6.86. The lowest BCUT2D eigenvalue weighted by atomic mass is 9.96. The standard InChI is InChI=1S/C11H18N5O14P3/c1-11(19)6(17)4(2-27-32(23,24)30-33(25,26)29-31(20,21)22)28-9(11)16-3-13-5-7(16)14-10(12)15-8(5)18/h3-4,6,9,17,19H,2H2,1H3,(H,23,24)(H,25,26)(H2,20,21,22)(H3,12,14,15,18)/t4-,6+,9-,11-/m1/s1. The Labute approximate surface area is 182 Å². The molecule has 2 aromatic heterocycles. The quantitative estimate of drug-likeness (QED) is 0.170. The molecule has 1 aliphatic rings. The normalized spacial score (nSPS) is 29.7. The van der Waals surface area contributed by atoms with Gasteiger partial charge in [0, 0.05) is 0 Å². The zero-order valence-corrected chi connectivity index (χ0v) is 18.9. The summed E-state index contributed by atoms with van der Waals surface area (Å²) < 4.78 is 52.0. The van der Waals surface area contributed by atoms with Crippen LogP contribution < -0.4 is 11.3 Å². The highest BCUT2D eigenvalue weighted by molar-refractivity contribution is 7.66. The van der Waals surface area contributed by atoms with Crippen LogP contribution in [0.4, 0.5) is 5.95 Å². The first-order valence-electron chi connectivity index (χ1n) is 8.48. The molecule has 3 heterocycles. The second kappa shape index (κ2) is 8.58. The number of phosphoric ester groups is 1. The monoisotopic (exact) mass is 537 g/mol. The van der Waals surface area contributed by atoms with E-state index in [1.54, 1.807) is 0 Å². The van der Waals surface area contributed by atoms with Gasteiger partial charge in [-0.15, -0.1) is 0 Å². The van der Waals surface area contributed by atoms with Gasteiger partial charge in [0.05, 0.1) is 12.9 Å². The first-order valence-corrected chi connectivity index (χ1v) is 13.0. The summed E-state index contributed by atoms with van der Waals surface area (Å²) in [5.41, 5.74) is 2.40. The van der Waals surface area contributed by atoms with Crippen molar-refractivity contribution in [2.45, 2.75) is 31.0 Å². The van der Waals surface area contributed by atoms with Crippen LogP contribution in [0.25, 0.3) is 11.2 Å². The minimum absolute atomic E-state index is 0.123. The molecule has 0 aromatic carbocycles. The van der Waals surface area contributed by atoms with E-state index < -0.39 is 59.7 Å². The maximum absolute atomic E-state index is 11.9. The third kappa shape index (κ3) is 5.75. The summed E-state index contributed by atoms with van der Waals surface area (Å²) in [5, 5.41) is 21.1.